The molecule has 2 aromatic carbocycles. The molecule has 2 aliphatic heterocycles. The van der Waals surface area contributed by atoms with Gasteiger partial charge in [0.25, 0.3) is 0 Å². The van der Waals surface area contributed by atoms with Crippen molar-refractivity contribution in [2.45, 2.75) is 72.5 Å². The highest BCUT2D eigenvalue weighted by molar-refractivity contribution is 6.30. The van der Waals surface area contributed by atoms with Crippen LogP contribution in [0.2, 0.25) is 5.02 Å². The second kappa shape index (κ2) is 18.9. The molecule has 1 atom stereocenters. The number of likely N-dealkylation sites (N-methyl/N-ethyl adjacent to an activating group) is 1. The predicted molar refractivity (Wildman–Crippen MR) is 187 cm³/mol. The summed E-state index contributed by atoms with van der Waals surface area (Å²) in [5, 5.41) is 0.379. The number of morpholine rings is 1. The van der Waals surface area contributed by atoms with E-state index in [-0.39, 0.29) is 18.2 Å². The van der Waals surface area contributed by atoms with E-state index in [1.165, 1.54) is 22.8 Å². The highest BCUT2D eigenvalue weighted by Gasteiger charge is 2.22. The zero-order chi connectivity index (χ0) is 33.6. The highest BCUT2D eigenvalue weighted by atomic mass is 35.5. The molecule has 5 rings (SSSR count). The number of hydrogen-bond acceptors (Lipinski definition) is 6. The van der Waals surface area contributed by atoms with E-state index in [9.17, 15) is 9.18 Å². The van der Waals surface area contributed by atoms with Crippen LogP contribution in [0.25, 0.3) is 0 Å². The number of hydrogen-bond donors (Lipinski definition) is 0. The molecule has 3 aromatic rings. The Morgan fingerprint density at radius 3 is 2.39 bits per heavy atom. The van der Waals surface area contributed by atoms with Crippen molar-refractivity contribution in [2.75, 3.05) is 46.4 Å². The van der Waals surface area contributed by atoms with Crippen LogP contribution in [-0.4, -0.2) is 73.0 Å². The van der Waals surface area contributed by atoms with Gasteiger partial charge in [-0.15, -0.1) is 0 Å². The van der Waals surface area contributed by atoms with Crippen LogP contribution in [0.15, 0.2) is 66.7 Å². The van der Waals surface area contributed by atoms with Crippen molar-refractivity contribution in [3.8, 4) is 5.88 Å². The summed E-state index contributed by atoms with van der Waals surface area (Å²) in [4.78, 5) is 20.3. The Kier molecular flexibility index (Phi) is 15.3. The van der Waals surface area contributed by atoms with Gasteiger partial charge in [-0.2, -0.15) is 0 Å². The lowest BCUT2D eigenvalue weighted by atomic mass is 9.93. The van der Waals surface area contributed by atoms with Crippen LogP contribution in [0.5, 0.6) is 5.88 Å². The molecule has 0 N–H and O–H groups in total. The molecule has 2 fully saturated rings. The molecule has 0 saturated carbocycles. The van der Waals surface area contributed by atoms with Crippen LogP contribution in [-0.2, 0) is 11.3 Å². The van der Waals surface area contributed by atoms with Crippen LogP contribution >= 0.6 is 11.6 Å². The van der Waals surface area contributed by atoms with Gasteiger partial charge in [0.15, 0.2) is 5.78 Å². The van der Waals surface area contributed by atoms with Gasteiger partial charge in [0.1, 0.15) is 12.4 Å². The minimum Gasteiger partial charge on any atom is -0.473 e. The van der Waals surface area contributed by atoms with Crippen LogP contribution in [0.3, 0.4) is 0 Å². The maximum absolute atomic E-state index is 13.9. The Hall–Kier alpha value is -3.10. The quantitative estimate of drug-likeness (QED) is 0.180. The molecule has 0 radical (unpaired) electrons. The summed E-state index contributed by atoms with van der Waals surface area (Å²) < 4.78 is 25.0. The van der Waals surface area contributed by atoms with Crippen LogP contribution in [0.4, 0.5) is 4.39 Å². The fraction of sp³-hybridized carbons (Fsp3) is 0.474. The van der Waals surface area contributed by atoms with E-state index in [0.717, 1.165) is 69.9 Å². The summed E-state index contributed by atoms with van der Waals surface area (Å²) in [5.74, 6) is 0.736. The fourth-order valence-corrected chi connectivity index (χ4v) is 5.53. The number of ketones is 1. The average molecular weight is 652 g/mol. The Morgan fingerprint density at radius 2 is 1.80 bits per heavy atom. The zero-order valence-corrected chi connectivity index (χ0v) is 29.2. The van der Waals surface area contributed by atoms with E-state index < -0.39 is 0 Å². The largest absolute Gasteiger partial charge is 0.473 e. The molecule has 0 amide bonds. The number of benzene rings is 2. The van der Waals surface area contributed by atoms with Crippen molar-refractivity contribution in [1.29, 1.82) is 0 Å². The minimum absolute atomic E-state index is 0.133. The Bertz CT molecular complexity index is 1420. The third-order valence-electron chi connectivity index (χ3n) is 8.35. The number of aromatic nitrogens is 1. The van der Waals surface area contributed by atoms with Gasteiger partial charge >= 0.3 is 0 Å². The van der Waals surface area contributed by atoms with Crippen molar-refractivity contribution in [2.24, 2.45) is 0 Å². The molecule has 250 valence electrons. The summed E-state index contributed by atoms with van der Waals surface area (Å²) in [7, 11) is 2.14. The van der Waals surface area contributed by atoms with Crippen molar-refractivity contribution < 1.29 is 18.7 Å². The summed E-state index contributed by atoms with van der Waals surface area (Å²) in [6, 6.07) is 16.2. The molecule has 0 bridgehead atoms. The number of pyridine rings is 1. The summed E-state index contributed by atoms with van der Waals surface area (Å²) in [6.07, 6.45) is 3.79. The van der Waals surface area contributed by atoms with Gasteiger partial charge in [0, 0.05) is 53.5 Å². The van der Waals surface area contributed by atoms with E-state index in [1.807, 2.05) is 44.2 Å². The molecular weight excluding hydrogens is 601 g/mol. The lowest BCUT2D eigenvalue weighted by molar-refractivity contribution is -0.0206. The summed E-state index contributed by atoms with van der Waals surface area (Å²) >= 11 is 5.78. The maximum Gasteiger partial charge on any atom is 0.213 e. The SMILES string of the molecule is C=C(C)CN1CCC(c2cccc(OCc3ccc(Cl)cc3F)n2)CC1.CC(=O)c1ccc(C)c(C)c1.CCC1CN(C)CCO1. The van der Waals surface area contributed by atoms with Gasteiger partial charge in [-0.25, -0.2) is 9.37 Å². The normalized spacial score (nSPS) is 17.3. The number of nitrogens with zero attached hydrogens (tertiary/aromatic N) is 3. The van der Waals surface area contributed by atoms with Gasteiger partial charge < -0.3 is 14.4 Å². The molecule has 0 aliphatic carbocycles. The van der Waals surface area contributed by atoms with Gasteiger partial charge in [-0.3, -0.25) is 9.69 Å². The lowest BCUT2D eigenvalue weighted by Gasteiger charge is -2.31. The third-order valence-corrected chi connectivity index (χ3v) is 8.58. The first-order chi connectivity index (χ1) is 21.9. The molecule has 6 nitrogen and oxygen atoms in total. The highest BCUT2D eigenvalue weighted by Crippen LogP contribution is 2.28. The number of piperidine rings is 1. The first kappa shape index (κ1) is 37.4. The molecule has 2 saturated heterocycles. The van der Waals surface area contributed by atoms with E-state index in [2.05, 4.69) is 48.3 Å². The first-order valence-corrected chi connectivity index (χ1v) is 16.6. The number of Topliss-reactive ketones (excluding diaryl/α,β-unsaturated/α-hetero) is 1. The fourth-order valence-electron chi connectivity index (χ4n) is 5.37. The Labute approximate surface area is 280 Å². The van der Waals surface area contributed by atoms with Crippen molar-refractivity contribution in [3.63, 3.8) is 0 Å². The van der Waals surface area contributed by atoms with Crippen molar-refractivity contribution in [3.05, 3.63) is 106 Å². The van der Waals surface area contributed by atoms with Gasteiger partial charge in [-0.1, -0.05) is 54.9 Å². The third kappa shape index (κ3) is 12.6. The lowest BCUT2D eigenvalue weighted by Crippen LogP contribution is -2.39. The smallest absolute Gasteiger partial charge is 0.213 e. The molecule has 8 heteroatoms. The molecule has 1 aromatic heterocycles. The number of carbonyl (C=O) groups excluding carboxylic acids is 1. The number of halogens is 2. The van der Waals surface area contributed by atoms with E-state index in [1.54, 1.807) is 19.1 Å². The van der Waals surface area contributed by atoms with E-state index >= 15 is 0 Å². The molecule has 0 spiro atoms. The van der Waals surface area contributed by atoms with Crippen LogP contribution in [0.1, 0.15) is 78.7 Å². The van der Waals surface area contributed by atoms with Crippen molar-refractivity contribution in [1.82, 2.24) is 14.8 Å². The second-order valence-corrected chi connectivity index (χ2v) is 12.9. The van der Waals surface area contributed by atoms with Gasteiger partial charge in [0.2, 0.25) is 5.88 Å². The topological polar surface area (TPSA) is 54.9 Å². The Morgan fingerprint density at radius 1 is 1.07 bits per heavy atom. The number of carbonyl (C=O) groups is 1. The predicted octanol–water partition coefficient (Wildman–Crippen LogP) is 8.44. The molecule has 3 heterocycles. The van der Waals surface area contributed by atoms with Gasteiger partial charge in [0.05, 0.1) is 12.7 Å². The first-order valence-electron chi connectivity index (χ1n) is 16.2. The van der Waals surface area contributed by atoms with E-state index in [4.69, 9.17) is 21.1 Å². The number of likely N-dealkylation sites (tertiary alicyclic amines) is 1. The number of ether oxygens (including phenoxy) is 2. The summed E-state index contributed by atoms with van der Waals surface area (Å²) in [5.41, 5.74) is 5.93. The summed E-state index contributed by atoms with van der Waals surface area (Å²) in [6.45, 7) is 20.2. The van der Waals surface area contributed by atoms with Crippen molar-refractivity contribution >= 4 is 17.4 Å². The van der Waals surface area contributed by atoms with Crippen LogP contribution in [0, 0.1) is 19.7 Å². The number of aryl methyl sites for hydroxylation is 2. The second-order valence-electron chi connectivity index (χ2n) is 12.5. The molecule has 1 unspecified atom stereocenters. The Balaban J connectivity index is 0.000000235. The van der Waals surface area contributed by atoms with Gasteiger partial charge in [-0.05, 0) is 102 Å². The molecular formula is C38H51ClFN3O3. The zero-order valence-electron chi connectivity index (χ0n) is 28.5. The molecule has 46 heavy (non-hydrogen) atoms. The monoisotopic (exact) mass is 651 g/mol. The maximum atomic E-state index is 13.9. The average Bonchev–Trinajstić information content (AvgIpc) is 3.03. The number of rotatable bonds is 8. The van der Waals surface area contributed by atoms with E-state index in [0.29, 0.717) is 28.5 Å². The van der Waals surface area contributed by atoms with Crippen LogP contribution < -0.4 is 4.74 Å². The minimum atomic E-state index is -0.362. The standard InChI is InChI=1S/C21H24ClFN2O.C10H12O.C7H15NO/c1-15(2)13-25-10-8-16(9-11-25)20-4-3-5-21(24-20)26-14-17-6-7-18(22)12-19(17)23;1-7-4-5-10(9(3)11)6-8(7)2;1-3-7-6-8(2)4-5-9-7/h3-7,12,16H,1,8-11,13-14H2,2H3;4-6H,1-3H3;7H,3-6H2,1-2H3. The molecule has 2 aliphatic rings.